The van der Waals surface area contributed by atoms with E-state index in [1.54, 1.807) is 18.6 Å². The molecular formula is C23H23N5O2. The first-order valence-corrected chi connectivity index (χ1v) is 10.3. The zero-order chi connectivity index (χ0) is 20.7. The first kappa shape index (κ1) is 18.5. The molecule has 0 unspecified atom stereocenters. The van der Waals surface area contributed by atoms with Crippen LogP contribution in [0.1, 0.15) is 25.7 Å². The van der Waals surface area contributed by atoms with Gasteiger partial charge in [-0.2, -0.15) is 0 Å². The molecule has 7 nitrogen and oxygen atoms in total. The van der Waals surface area contributed by atoms with Crippen LogP contribution in [0, 0.1) is 0 Å². The zero-order valence-electron chi connectivity index (χ0n) is 16.7. The summed E-state index contributed by atoms with van der Waals surface area (Å²) in [7, 11) is 0. The van der Waals surface area contributed by atoms with Crippen LogP contribution in [-0.4, -0.2) is 50.7 Å². The van der Waals surface area contributed by atoms with E-state index >= 15 is 0 Å². The van der Waals surface area contributed by atoms with Crippen molar-refractivity contribution < 1.29 is 9.59 Å². The fraction of sp³-hybridized carbons (Fsp3) is 0.304. The molecular weight excluding hydrogens is 378 g/mol. The van der Waals surface area contributed by atoms with Gasteiger partial charge < -0.3 is 15.1 Å². The van der Waals surface area contributed by atoms with Gasteiger partial charge in [-0.15, -0.1) is 0 Å². The van der Waals surface area contributed by atoms with E-state index in [2.05, 4.69) is 21.9 Å². The summed E-state index contributed by atoms with van der Waals surface area (Å²) in [5, 5.41) is 2.89. The van der Waals surface area contributed by atoms with E-state index in [1.165, 1.54) is 0 Å². The van der Waals surface area contributed by atoms with E-state index in [-0.39, 0.29) is 24.4 Å². The van der Waals surface area contributed by atoms with Gasteiger partial charge in [-0.25, -0.2) is 0 Å². The van der Waals surface area contributed by atoms with E-state index in [0.29, 0.717) is 17.9 Å². The van der Waals surface area contributed by atoms with Crippen molar-refractivity contribution in [1.82, 2.24) is 19.8 Å². The Morgan fingerprint density at radius 3 is 2.80 bits per heavy atom. The summed E-state index contributed by atoms with van der Waals surface area (Å²) in [5.74, 6) is -0.157. The highest BCUT2D eigenvalue weighted by Crippen LogP contribution is 2.42. The number of amides is 2. The average molecular weight is 401 g/mol. The lowest BCUT2D eigenvalue weighted by Gasteiger charge is -2.28. The molecule has 7 heteroatoms. The minimum atomic E-state index is -0.164. The molecule has 2 amide bonds. The number of carbonyl (C=O) groups is 2. The van der Waals surface area contributed by atoms with Crippen molar-refractivity contribution in [1.29, 1.82) is 0 Å². The molecule has 0 bridgehead atoms. The number of aromatic nitrogens is 2. The van der Waals surface area contributed by atoms with Gasteiger partial charge in [0.05, 0.1) is 24.1 Å². The number of nitrogens with zero attached hydrogens (tertiary/aromatic N) is 4. The lowest BCUT2D eigenvalue weighted by atomic mass is 10.0. The molecule has 0 radical (unpaired) electrons. The summed E-state index contributed by atoms with van der Waals surface area (Å²) in [4.78, 5) is 37.9. The number of hydrogen-bond acceptors (Lipinski definition) is 5. The fourth-order valence-corrected chi connectivity index (χ4v) is 4.20. The van der Waals surface area contributed by atoms with Crippen LogP contribution < -0.4 is 5.32 Å². The zero-order valence-corrected chi connectivity index (χ0v) is 16.7. The van der Waals surface area contributed by atoms with Crippen molar-refractivity contribution in [2.45, 2.75) is 31.7 Å². The SMILES string of the molecule is C=C1C2=C(C(=O)N1C1CC1)N(CC(=O)Nc1ccc(-c3cccnc3)nc1)CCC2. The summed E-state index contributed by atoms with van der Waals surface area (Å²) in [6.45, 7) is 4.99. The number of allylic oxidation sites excluding steroid dienone is 1. The van der Waals surface area contributed by atoms with Crippen molar-refractivity contribution >= 4 is 17.5 Å². The van der Waals surface area contributed by atoms with Gasteiger partial charge in [0.1, 0.15) is 5.70 Å². The number of pyridine rings is 2. The van der Waals surface area contributed by atoms with E-state index in [1.807, 2.05) is 34.1 Å². The summed E-state index contributed by atoms with van der Waals surface area (Å²) in [6, 6.07) is 7.76. The molecule has 0 saturated heterocycles. The minimum absolute atomic E-state index is 0.00694. The van der Waals surface area contributed by atoms with Crippen molar-refractivity contribution in [3.05, 3.63) is 66.4 Å². The van der Waals surface area contributed by atoms with Gasteiger partial charge in [-0.05, 0) is 49.9 Å². The van der Waals surface area contributed by atoms with E-state index in [4.69, 9.17) is 0 Å². The summed E-state index contributed by atoms with van der Waals surface area (Å²) in [6.07, 6.45) is 8.94. The maximum atomic E-state index is 13.0. The van der Waals surface area contributed by atoms with Gasteiger partial charge in [-0.1, -0.05) is 6.58 Å². The standard InChI is InChI=1S/C23H23N5O2/c1-15-19-5-3-11-27(22(19)23(30)28(15)18-7-8-18)14-21(29)26-17-6-9-20(25-13-17)16-4-2-10-24-12-16/h2,4,6,9-10,12-13,18H,1,3,5,7-8,11,14H2,(H,26,29). The number of hydrogen-bond donors (Lipinski definition) is 1. The van der Waals surface area contributed by atoms with E-state index in [9.17, 15) is 9.59 Å². The van der Waals surface area contributed by atoms with Crippen LogP contribution in [0.15, 0.2) is 66.4 Å². The Morgan fingerprint density at radius 2 is 2.10 bits per heavy atom. The predicted octanol–water partition coefficient (Wildman–Crippen LogP) is 2.95. The molecule has 2 aliphatic heterocycles. The van der Waals surface area contributed by atoms with Gasteiger partial charge in [0, 0.05) is 41.8 Å². The number of anilines is 1. The number of nitrogens with one attached hydrogen (secondary N) is 1. The fourth-order valence-electron chi connectivity index (χ4n) is 4.20. The van der Waals surface area contributed by atoms with Gasteiger partial charge in [0.2, 0.25) is 5.91 Å². The Hall–Kier alpha value is -3.48. The molecule has 1 fully saturated rings. The van der Waals surface area contributed by atoms with Crippen molar-refractivity contribution in [2.75, 3.05) is 18.4 Å². The molecule has 1 N–H and O–H groups in total. The third kappa shape index (κ3) is 3.36. The molecule has 152 valence electrons. The molecule has 1 aliphatic carbocycles. The predicted molar refractivity (Wildman–Crippen MR) is 113 cm³/mol. The topological polar surface area (TPSA) is 78.4 Å². The molecule has 0 atom stereocenters. The highest BCUT2D eigenvalue weighted by molar-refractivity contribution is 6.01. The lowest BCUT2D eigenvalue weighted by molar-refractivity contribution is -0.126. The molecule has 2 aromatic rings. The van der Waals surface area contributed by atoms with Crippen molar-refractivity contribution in [3.8, 4) is 11.3 Å². The third-order valence-corrected chi connectivity index (χ3v) is 5.77. The molecule has 2 aromatic heterocycles. The van der Waals surface area contributed by atoms with Crippen LogP contribution in [0.2, 0.25) is 0 Å². The molecule has 0 spiro atoms. The van der Waals surface area contributed by atoms with E-state index < -0.39 is 0 Å². The summed E-state index contributed by atoms with van der Waals surface area (Å²) >= 11 is 0. The van der Waals surface area contributed by atoms with Crippen LogP contribution in [-0.2, 0) is 9.59 Å². The lowest BCUT2D eigenvalue weighted by Crippen LogP contribution is -2.39. The Labute approximate surface area is 175 Å². The normalized spacial score (nSPS) is 18.7. The first-order valence-electron chi connectivity index (χ1n) is 10.3. The monoisotopic (exact) mass is 401 g/mol. The average Bonchev–Trinajstić information content (AvgIpc) is 3.56. The van der Waals surface area contributed by atoms with Gasteiger partial charge in [0.15, 0.2) is 0 Å². The molecule has 3 aliphatic rings. The van der Waals surface area contributed by atoms with Crippen LogP contribution in [0.3, 0.4) is 0 Å². The molecule has 5 rings (SSSR count). The van der Waals surface area contributed by atoms with Crippen molar-refractivity contribution in [3.63, 3.8) is 0 Å². The quantitative estimate of drug-likeness (QED) is 0.833. The summed E-state index contributed by atoms with van der Waals surface area (Å²) < 4.78 is 0. The maximum Gasteiger partial charge on any atom is 0.275 e. The van der Waals surface area contributed by atoms with E-state index in [0.717, 1.165) is 48.2 Å². The largest absolute Gasteiger partial charge is 0.357 e. The second-order valence-corrected chi connectivity index (χ2v) is 7.93. The second kappa shape index (κ2) is 7.40. The summed E-state index contributed by atoms with van der Waals surface area (Å²) in [5.41, 5.74) is 4.84. The molecule has 0 aromatic carbocycles. The van der Waals surface area contributed by atoms with Crippen molar-refractivity contribution in [2.24, 2.45) is 0 Å². The smallest absolute Gasteiger partial charge is 0.275 e. The van der Waals surface area contributed by atoms with Gasteiger partial charge >= 0.3 is 0 Å². The molecule has 4 heterocycles. The van der Waals surface area contributed by atoms with Crippen LogP contribution >= 0.6 is 0 Å². The van der Waals surface area contributed by atoms with Crippen LogP contribution in [0.25, 0.3) is 11.3 Å². The molecule has 30 heavy (non-hydrogen) atoms. The third-order valence-electron chi connectivity index (χ3n) is 5.77. The second-order valence-electron chi connectivity index (χ2n) is 7.93. The van der Waals surface area contributed by atoms with Crippen LogP contribution in [0.4, 0.5) is 5.69 Å². The highest BCUT2D eigenvalue weighted by atomic mass is 16.2. The molecule has 1 saturated carbocycles. The first-order chi connectivity index (χ1) is 14.6. The Balaban J connectivity index is 1.26. The minimum Gasteiger partial charge on any atom is -0.357 e. The highest BCUT2D eigenvalue weighted by Gasteiger charge is 2.45. The Bertz CT molecular complexity index is 1040. The van der Waals surface area contributed by atoms with Crippen LogP contribution in [0.5, 0.6) is 0 Å². The number of rotatable bonds is 5. The van der Waals surface area contributed by atoms with Gasteiger partial charge in [-0.3, -0.25) is 19.6 Å². The van der Waals surface area contributed by atoms with Gasteiger partial charge in [0.25, 0.3) is 5.91 Å². The Kier molecular flexibility index (Phi) is 4.58. The number of carbonyl (C=O) groups excluding carboxylic acids is 2. The maximum absolute atomic E-state index is 13.0. The Morgan fingerprint density at radius 1 is 1.23 bits per heavy atom.